The maximum absolute atomic E-state index is 10.2. The van der Waals surface area contributed by atoms with E-state index in [1.807, 2.05) is 12.1 Å². The molecule has 2 aromatic rings. The highest BCUT2D eigenvalue weighted by atomic mass is 16.3. The molecule has 2 heteroatoms. The molecule has 2 aromatic carbocycles. The fraction of sp³-hybridized carbons (Fsp3) is 0.435. The van der Waals surface area contributed by atoms with Crippen molar-refractivity contribution >= 4 is 11.9 Å². The van der Waals surface area contributed by atoms with Gasteiger partial charge in [0, 0.05) is 11.8 Å². The van der Waals surface area contributed by atoms with Crippen molar-refractivity contribution in [3.8, 4) is 5.75 Å². The van der Waals surface area contributed by atoms with Crippen LogP contribution in [0.4, 0.5) is 5.69 Å². The van der Waals surface area contributed by atoms with Gasteiger partial charge in [-0.3, -0.25) is 4.99 Å². The minimum atomic E-state index is 0.0369. The molecule has 0 spiro atoms. The third-order valence-electron chi connectivity index (χ3n) is 4.57. The van der Waals surface area contributed by atoms with Crippen LogP contribution >= 0.6 is 0 Å². The summed E-state index contributed by atoms with van der Waals surface area (Å²) in [6.45, 7) is 15.3. The minimum Gasteiger partial charge on any atom is -0.507 e. The van der Waals surface area contributed by atoms with Crippen LogP contribution in [0.3, 0.4) is 0 Å². The van der Waals surface area contributed by atoms with Crippen molar-refractivity contribution in [3.63, 3.8) is 0 Å². The molecule has 0 saturated heterocycles. The van der Waals surface area contributed by atoms with Gasteiger partial charge in [-0.1, -0.05) is 72.7 Å². The molecule has 2 rings (SSSR count). The van der Waals surface area contributed by atoms with E-state index in [1.54, 1.807) is 12.3 Å². The number of para-hydroxylation sites is 1. The predicted molar refractivity (Wildman–Crippen MR) is 109 cm³/mol. The summed E-state index contributed by atoms with van der Waals surface area (Å²) in [7, 11) is 0. The molecule has 0 aromatic heterocycles. The number of hydrogen-bond donors (Lipinski definition) is 1. The Hall–Kier alpha value is -2.09. The Bertz CT molecular complexity index is 738. The largest absolute Gasteiger partial charge is 0.507 e. The first-order chi connectivity index (χ1) is 11.6. The molecule has 0 saturated carbocycles. The Kier molecular flexibility index (Phi) is 5.72. The smallest absolute Gasteiger partial charge is 0.124 e. The Balaban J connectivity index is 2.53. The van der Waals surface area contributed by atoms with E-state index >= 15 is 0 Å². The van der Waals surface area contributed by atoms with Crippen molar-refractivity contribution in [1.29, 1.82) is 0 Å². The highest BCUT2D eigenvalue weighted by molar-refractivity contribution is 5.86. The van der Waals surface area contributed by atoms with E-state index in [-0.39, 0.29) is 11.2 Å². The maximum Gasteiger partial charge on any atom is 0.124 e. The summed E-state index contributed by atoms with van der Waals surface area (Å²) in [5.74, 6) is 1.07. The summed E-state index contributed by atoms with van der Waals surface area (Å²) < 4.78 is 0. The van der Waals surface area contributed by atoms with E-state index in [0.29, 0.717) is 11.8 Å². The number of nitrogens with zero attached hydrogens (tertiary/aromatic N) is 1. The van der Waals surface area contributed by atoms with Crippen LogP contribution in [0.5, 0.6) is 5.75 Å². The zero-order valence-electron chi connectivity index (χ0n) is 16.6. The number of aromatic hydroxyl groups is 1. The number of phenols is 1. The molecule has 0 heterocycles. The van der Waals surface area contributed by atoms with E-state index in [1.165, 1.54) is 16.7 Å². The second-order valence-electron chi connectivity index (χ2n) is 8.38. The van der Waals surface area contributed by atoms with Crippen molar-refractivity contribution in [2.24, 2.45) is 4.99 Å². The average Bonchev–Trinajstić information content (AvgIpc) is 2.52. The molecule has 0 aliphatic heterocycles. The predicted octanol–water partition coefficient (Wildman–Crippen LogP) is 6.69. The minimum absolute atomic E-state index is 0.0369. The summed E-state index contributed by atoms with van der Waals surface area (Å²) in [6.07, 6.45) is 1.80. The second kappa shape index (κ2) is 7.43. The van der Waals surface area contributed by atoms with Crippen molar-refractivity contribution < 1.29 is 5.11 Å². The first-order valence-electron chi connectivity index (χ1n) is 9.11. The standard InChI is InChI=1S/C23H31NO/c1-15(2)19-9-8-10-20(16(3)4)22(19)24-14-17-13-18(23(5,6)7)11-12-21(17)25/h8-16,25H,1-7H3/b24-14+. The molecule has 25 heavy (non-hydrogen) atoms. The summed E-state index contributed by atoms with van der Waals surface area (Å²) in [5.41, 5.74) is 5.51. The molecule has 0 aliphatic rings. The van der Waals surface area contributed by atoms with Crippen LogP contribution in [0.15, 0.2) is 41.4 Å². The fourth-order valence-corrected chi connectivity index (χ4v) is 2.92. The van der Waals surface area contributed by atoms with E-state index < -0.39 is 0 Å². The quantitative estimate of drug-likeness (QED) is 0.619. The fourth-order valence-electron chi connectivity index (χ4n) is 2.92. The van der Waals surface area contributed by atoms with Crippen LogP contribution in [-0.4, -0.2) is 11.3 Å². The maximum atomic E-state index is 10.2. The molecule has 134 valence electrons. The van der Waals surface area contributed by atoms with Crippen molar-refractivity contribution in [1.82, 2.24) is 0 Å². The molecule has 0 unspecified atom stereocenters. The lowest BCUT2D eigenvalue weighted by Crippen LogP contribution is -2.11. The van der Waals surface area contributed by atoms with Gasteiger partial charge in [0.2, 0.25) is 0 Å². The Morgan fingerprint density at radius 1 is 0.920 bits per heavy atom. The molecular weight excluding hydrogens is 306 g/mol. The molecule has 0 bridgehead atoms. The lowest BCUT2D eigenvalue weighted by Gasteiger charge is -2.20. The number of hydrogen-bond acceptors (Lipinski definition) is 2. The number of phenolic OH excluding ortho intramolecular Hbond substituents is 1. The zero-order valence-corrected chi connectivity index (χ0v) is 16.6. The van der Waals surface area contributed by atoms with Gasteiger partial charge in [0.15, 0.2) is 0 Å². The van der Waals surface area contributed by atoms with Gasteiger partial charge in [-0.25, -0.2) is 0 Å². The van der Waals surface area contributed by atoms with E-state index in [4.69, 9.17) is 4.99 Å². The van der Waals surface area contributed by atoms with Crippen LogP contribution in [0, 0.1) is 0 Å². The second-order valence-corrected chi connectivity index (χ2v) is 8.38. The summed E-state index contributed by atoms with van der Waals surface area (Å²) in [5, 5.41) is 10.2. The van der Waals surface area contributed by atoms with Crippen LogP contribution in [0.1, 0.15) is 82.6 Å². The molecule has 0 atom stereocenters. The third kappa shape index (κ3) is 4.50. The Morgan fingerprint density at radius 2 is 1.48 bits per heavy atom. The van der Waals surface area contributed by atoms with Crippen LogP contribution in [0.25, 0.3) is 0 Å². The molecule has 0 aliphatic carbocycles. The van der Waals surface area contributed by atoms with Crippen LogP contribution in [-0.2, 0) is 5.41 Å². The molecule has 0 radical (unpaired) electrons. The van der Waals surface area contributed by atoms with Gasteiger partial charge >= 0.3 is 0 Å². The van der Waals surface area contributed by atoms with E-state index in [0.717, 1.165) is 11.3 Å². The van der Waals surface area contributed by atoms with E-state index in [2.05, 4.69) is 66.7 Å². The van der Waals surface area contributed by atoms with Gasteiger partial charge < -0.3 is 5.11 Å². The number of aliphatic imine (C=N–C) groups is 1. The molecule has 0 fully saturated rings. The molecule has 2 nitrogen and oxygen atoms in total. The third-order valence-corrected chi connectivity index (χ3v) is 4.57. The highest BCUT2D eigenvalue weighted by Gasteiger charge is 2.16. The first kappa shape index (κ1) is 19.2. The molecule has 1 N–H and O–H groups in total. The lowest BCUT2D eigenvalue weighted by atomic mass is 9.86. The monoisotopic (exact) mass is 337 g/mol. The SMILES string of the molecule is CC(C)c1cccc(C(C)C)c1/N=C/c1cc(C(C)(C)C)ccc1O. The normalized spacial score (nSPS) is 12.5. The average molecular weight is 338 g/mol. The zero-order chi connectivity index (χ0) is 18.8. The topological polar surface area (TPSA) is 32.6 Å². The van der Waals surface area contributed by atoms with Gasteiger partial charge in [-0.05, 0) is 46.1 Å². The Morgan fingerprint density at radius 3 is 1.96 bits per heavy atom. The molecular formula is C23H31NO. The van der Waals surface area contributed by atoms with Gasteiger partial charge in [0.25, 0.3) is 0 Å². The highest BCUT2D eigenvalue weighted by Crippen LogP contribution is 2.35. The lowest BCUT2D eigenvalue weighted by molar-refractivity contribution is 0.473. The van der Waals surface area contributed by atoms with Crippen LogP contribution < -0.4 is 0 Å². The van der Waals surface area contributed by atoms with Gasteiger partial charge in [0.1, 0.15) is 5.75 Å². The van der Waals surface area contributed by atoms with Crippen LogP contribution in [0.2, 0.25) is 0 Å². The Labute approximate surface area is 152 Å². The number of rotatable bonds is 4. The van der Waals surface area contributed by atoms with Gasteiger partial charge in [0.05, 0.1) is 5.69 Å². The number of benzene rings is 2. The van der Waals surface area contributed by atoms with E-state index in [9.17, 15) is 5.11 Å². The molecule has 0 amide bonds. The summed E-state index contributed by atoms with van der Waals surface area (Å²) in [6, 6.07) is 12.2. The van der Waals surface area contributed by atoms with Crippen molar-refractivity contribution in [2.45, 2.75) is 65.7 Å². The summed E-state index contributed by atoms with van der Waals surface area (Å²) in [4.78, 5) is 4.82. The van der Waals surface area contributed by atoms with Gasteiger partial charge in [-0.15, -0.1) is 0 Å². The van der Waals surface area contributed by atoms with Crippen molar-refractivity contribution in [2.75, 3.05) is 0 Å². The first-order valence-corrected chi connectivity index (χ1v) is 9.11. The van der Waals surface area contributed by atoms with Crippen molar-refractivity contribution in [3.05, 3.63) is 58.7 Å². The van der Waals surface area contributed by atoms with Gasteiger partial charge in [-0.2, -0.15) is 0 Å². The summed E-state index contributed by atoms with van der Waals surface area (Å²) >= 11 is 0.